The normalized spacial score (nSPS) is 13.5. The summed E-state index contributed by atoms with van der Waals surface area (Å²) in [5.74, 6) is 1.83. The van der Waals surface area contributed by atoms with Crippen molar-refractivity contribution in [2.45, 2.75) is 27.3 Å². The van der Waals surface area contributed by atoms with E-state index >= 15 is 0 Å². The first kappa shape index (κ1) is 15.0. The van der Waals surface area contributed by atoms with Gasteiger partial charge in [-0.25, -0.2) is 0 Å². The Hall–Kier alpha value is -1.87. The number of halogens is 1. The smallest absolute Gasteiger partial charge is 0.161 e. The van der Waals surface area contributed by atoms with Crippen molar-refractivity contribution in [1.82, 2.24) is 0 Å². The SMILES string of the molecule is CCOc1ccc(N2COc3cc(C)c(Cl)c(C)c3C2)cc1. The molecule has 3 rings (SSSR count). The van der Waals surface area contributed by atoms with Crippen molar-refractivity contribution < 1.29 is 9.47 Å². The Morgan fingerprint density at radius 2 is 1.95 bits per heavy atom. The topological polar surface area (TPSA) is 21.7 Å². The van der Waals surface area contributed by atoms with Crippen LogP contribution in [0.5, 0.6) is 11.5 Å². The Morgan fingerprint density at radius 3 is 2.64 bits per heavy atom. The zero-order valence-electron chi connectivity index (χ0n) is 13.1. The number of hydrogen-bond acceptors (Lipinski definition) is 3. The molecule has 0 spiro atoms. The average molecular weight is 318 g/mol. The van der Waals surface area contributed by atoms with Gasteiger partial charge in [-0.15, -0.1) is 0 Å². The van der Waals surface area contributed by atoms with E-state index in [-0.39, 0.29) is 0 Å². The van der Waals surface area contributed by atoms with Gasteiger partial charge in [-0.1, -0.05) is 11.6 Å². The molecule has 0 aliphatic carbocycles. The second kappa shape index (κ2) is 6.09. The minimum absolute atomic E-state index is 0.543. The highest BCUT2D eigenvalue weighted by atomic mass is 35.5. The van der Waals surface area contributed by atoms with E-state index < -0.39 is 0 Å². The predicted octanol–water partition coefficient (Wildman–Crippen LogP) is 4.71. The summed E-state index contributed by atoms with van der Waals surface area (Å²) < 4.78 is 11.4. The summed E-state index contributed by atoms with van der Waals surface area (Å²) in [6.07, 6.45) is 0. The first-order chi connectivity index (χ1) is 10.6. The third-order valence-electron chi connectivity index (χ3n) is 4.01. The molecule has 2 aromatic rings. The third-order valence-corrected chi connectivity index (χ3v) is 4.59. The maximum atomic E-state index is 6.37. The Bertz CT molecular complexity index is 682. The van der Waals surface area contributed by atoms with Gasteiger partial charge < -0.3 is 14.4 Å². The maximum Gasteiger partial charge on any atom is 0.161 e. The largest absolute Gasteiger partial charge is 0.494 e. The molecular weight excluding hydrogens is 298 g/mol. The van der Waals surface area contributed by atoms with Crippen LogP contribution in [0.3, 0.4) is 0 Å². The monoisotopic (exact) mass is 317 g/mol. The van der Waals surface area contributed by atoms with E-state index in [2.05, 4.69) is 24.0 Å². The van der Waals surface area contributed by atoms with Crippen LogP contribution in [0.15, 0.2) is 30.3 Å². The lowest BCUT2D eigenvalue weighted by molar-refractivity contribution is 0.288. The lowest BCUT2D eigenvalue weighted by Crippen LogP contribution is -2.32. The second-order valence-corrected chi connectivity index (χ2v) is 5.89. The molecule has 0 saturated heterocycles. The third kappa shape index (κ3) is 2.73. The molecular formula is C18H20ClNO2. The Labute approximate surface area is 136 Å². The van der Waals surface area contributed by atoms with E-state index in [1.807, 2.05) is 32.0 Å². The summed E-state index contributed by atoms with van der Waals surface area (Å²) in [6, 6.07) is 10.1. The number of nitrogens with zero attached hydrogens (tertiary/aromatic N) is 1. The summed E-state index contributed by atoms with van der Waals surface area (Å²) >= 11 is 6.37. The molecule has 116 valence electrons. The number of benzene rings is 2. The molecule has 22 heavy (non-hydrogen) atoms. The first-order valence-corrected chi connectivity index (χ1v) is 7.87. The zero-order valence-corrected chi connectivity index (χ0v) is 13.9. The molecule has 1 aliphatic rings. The number of fused-ring (bicyclic) bond motifs is 1. The molecule has 4 heteroatoms. The van der Waals surface area contributed by atoms with Crippen LogP contribution in [0.4, 0.5) is 5.69 Å². The van der Waals surface area contributed by atoms with Crippen LogP contribution >= 0.6 is 11.6 Å². The van der Waals surface area contributed by atoms with Crippen LogP contribution in [0.1, 0.15) is 23.6 Å². The lowest BCUT2D eigenvalue weighted by Gasteiger charge is -2.32. The van der Waals surface area contributed by atoms with Crippen molar-refractivity contribution in [3.05, 3.63) is 52.0 Å². The molecule has 3 nitrogen and oxygen atoms in total. The van der Waals surface area contributed by atoms with Crippen molar-refractivity contribution in [1.29, 1.82) is 0 Å². The van der Waals surface area contributed by atoms with Crippen LogP contribution in [0.2, 0.25) is 5.02 Å². The van der Waals surface area contributed by atoms with Crippen LogP contribution < -0.4 is 14.4 Å². The molecule has 0 N–H and O–H groups in total. The van der Waals surface area contributed by atoms with Gasteiger partial charge in [0, 0.05) is 16.3 Å². The summed E-state index contributed by atoms with van der Waals surface area (Å²) in [5, 5.41) is 0.830. The molecule has 0 saturated carbocycles. The molecule has 0 fully saturated rings. The maximum absolute atomic E-state index is 6.37. The van der Waals surface area contributed by atoms with E-state index in [0.717, 1.165) is 45.4 Å². The number of aryl methyl sites for hydroxylation is 1. The summed E-state index contributed by atoms with van der Waals surface area (Å²) in [4.78, 5) is 2.19. The van der Waals surface area contributed by atoms with E-state index in [0.29, 0.717) is 13.3 Å². The van der Waals surface area contributed by atoms with Gasteiger partial charge >= 0.3 is 0 Å². The van der Waals surface area contributed by atoms with E-state index in [4.69, 9.17) is 21.1 Å². The van der Waals surface area contributed by atoms with Gasteiger partial charge in [0.2, 0.25) is 0 Å². The van der Waals surface area contributed by atoms with E-state index in [1.54, 1.807) is 0 Å². The number of anilines is 1. The molecule has 0 unspecified atom stereocenters. The fraction of sp³-hybridized carbons (Fsp3) is 0.333. The van der Waals surface area contributed by atoms with Gasteiger partial charge in [0.05, 0.1) is 13.2 Å². The van der Waals surface area contributed by atoms with E-state index in [1.165, 1.54) is 0 Å². The highest BCUT2D eigenvalue weighted by Crippen LogP contribution is 2.36. The fourth-order valence-corrected chi connectivity index (χ4v) is 2.92. The lowest BCUT2D eigenvalue weighted by atomic mass is 10.0. The molecule has 0 amide bonds. The summed E-state index contributed by atoms with van der Waals surface area (Å²) in [5.41, 5.74) is 4.45. The van der Waals surface area contributed by atoms with Gasteiger partial charge in [0.25, 0.3) is 0 Å². The molecule has 1 heterocycles. The molecule has 0 radical (unpaired) electrons. The van der Waals surface area contributed by atoms with Crippen LogP contribution in [-0.2, 0) is 6.54 Å². The molecule has 1 aliphatic heterocycles. The fourth-order valence-electron chi connectivity index (χ4n) is 2.76. The van der Waals surface area contributed by atoms with Crippen LogP contribution in [0, 0.1) is 13.8 Å². The van der Waals surface area contributed by atoms with Crippen molar-refractivity contribution in [3.63, 3.8) is 0 Å². The van der Waals surface area contributed by atoms with Gasteiger partial charge in [-0.2, -0.15) is 0 Å². The van der Waals surface area contributed by atoms with Crippen LogP contribution in [-0.4, -0.2) is 13.3 Å². The Kier molecular flexibility index (Phi) is 4.16. The minimum Gasteiger partial charge on any atom is -0.494 e. The van der Waals surface area contributed by atoms with Gasteiger partial charge in [-0.3, -0.25) is 0 Å². The Morgan fingerprint density at radius 1 is 1.23 bits per heavy atom. The number of ether oxygens (including phenoxy) is 2. The number of hydrogen-bond donors (Lipinski definition) is 0. The predicted molar refractivity (Wildman–Crippen MR) is 90.2 cm³/mol. The molecule has 0 bridgehead atoms. The van der Waals surface area contributed by atoms with Crippen molar-refractivity contribution in [2.24, 2.45) is 0 Å². The second-order valence-electron chi connectivity index (χ2n) is 5.51. The van der Waals surface area contributed by atoms with Crippen molar-refractivity contribution in [3.8, 4) is 11.5 Å². The van der Waals surface area contributed by atoms with Crippen LogP contribution in [0.25, 0.3) is 0 Å². The highest BCUT2D eigenvalue weighted by molar-refractivity contribution is 6.32. The molecule has 0 atom stereocenters. The summed E-state index contributed by atoms with van der Waals surface area (Å²) in [6.45, 7) is 8.07. The van der Waals surface area contributed by atoms with Gasteiger partial charge in [0.1, 0.15) is 11.5 Å². The molecule has 2 aromatic carbocycles. The van der Waals surface area contributed by atoms with Crippen molar-refractivity contribution >= 4 is 17.3 Å². The van der Waals surface area contributed by atoms with E-state index in [9.17, 15) is 0 Å². The molecule has 0 aromatic heterocycles. The van der Waals surface area contributed by atoms with Gasteiger partial charge in [0.15, 0.2) is 6.73 Å². The minimum atomic E-state index is 0.543. The average Bonchev–Trinajstić information content (AvgIpc) is 2.54. The standard InChI is InChI=1S/C18H20ClNO2/c1-4-21-15-7-5-14(6-8-15)20-10-16-13(3)18(19)12(2)9-17(16)22-11-20/h5-9H,4,10-11H2,1-3H3. The quantitative estimate of drug-likeness (QED) is 0.818. The number of rotatable bonds is 3. The van der Waals surface area contributed by atoms with Gasteiger partial charge in [-0.05, 0) is 62.2 Å². The highest BCUT2D eigenvalue weighted by Gasteiger charge is 2.21. The zero-order chi connectivity index (χ0) is 15.7. The Balaban J connectivity index is 1.86. The van der Waals surface area contributed by atoms with Crippen molar-refractivity contribution in [2.75, 3.05) is 18.2 Å². The summed E-state index contributed by atoms with van der Waals surface area (Å²) in [7, 11) is 0. The first-order valence-electron chi connectivity index (χ1n) is 7.49.